The van der Waals surface area contributed by atoms with Crippen molar-refractivity contribution in [2.75, 3.05) is 14.2 Å². The maximum Gasteiger partial charge on any atom is 0.162 e. The predicted octanol–water partition coefficient (Wildman–Crippen LogP) is 6.80. The average molecular weight is 463 g/mol. The van der Waals surface area contributed by atoms with Gasteiger partial charge in [-0.15, -0.1) is 0 Å². The molecule has 0 aliphatic carbocycles. The van der Waals surface area contributed by atoms with Gasteiger partial charge in [0.2, 0.25) is 0 Å². The molecule has 0 bridgehead atoms. The van der Waals surface area contributed by atoms with E-state index in [2.05, 4.69) is 16.7 Å². The number of ether oxygens (including phenoxy) is 3. The van der Waals surface area contributed by atoms with Gasteiger partial charge in [0, 0.05) is 16.8 Å². The van der Waals surface area contributed by atoms with Crippen molar-refractivity contribution in [1.82, 2.24) is 9.55 Å². The van der Waals surface area contributed by atoms with Crippen LogP contribution in [0.1, 0.15) is 5.56 Å². The van der Waals surface area contributed by atoms with E-state index in [4.69, 9.17) is 19.2 Å². The Balaban J connectivity index is 1.61. The lowest BCUT2D eigenvalue weighted by Gasteiger charge is -2.15. The molecule has 0 fully saturated rings. The van der Waals surface area contributed by atoms with Gasteiger partial charge in [-0.3, -0.25) is 4.57 Å². The lowest BCUT2D eigenvalue weighted by atomic mass is 10.0. The van der Waals surface area contributed by atoms with E-state index < -0.39 is 0 Å². The Hall–Kier alpha value is -4.51. The van der Waals surface area contributed by atoms with E-state index in [9.17, 15) is 0 Å². The maximum atomic E-state index is 6.20. The molecular formula is C30H26N2O3. The molecule has 0 amide bonds. The summed E-state index contributed by atoms with van der Waals surface area (Å²) in [6.07, 6.45) is 1.86. The topological polar surface area (TPSA) is 45.5 Å². The van der Waals surface area contributed by atoms with Crippen molar-refractivity contribution >= 4 is 0 Å². The fourth-order valence-electron chi connectivity index (χ4n) is 4.04. The molecule has 174 valence electrons. The highest BCUT2D eigenvalue weighted by Crippen LogP contribution is 2.38. The summed E-state index contributed by atoms with van der Waals surface area (Å²) >= 11 is 0. The molecule has 0 atom stereocenters. The van der Waals surface area contributed by atoms with Crippen molar-refractivity contribution in [2.45, 2.75) is 6.61 Å². The fourth-order valence-corrected chi connectivity index (χ4v) is 4.04. The van der Waals surface area contributed by atoms with Crippen LogP contribution in [0.15, 0.2) is 109 Å². The molecule has 0 aliphatic rings. The van der Waals surface area contributed by atoms with Gasteiger partial charge in [0.25, 0.3) is 0 Å². The summed E-state index contributed by atoms with van der Waals surface area (Å²) in [5.41, 5.74) is 5.92. The van der Waals surface area contributed by atoms with Crippen LogP contribution >= 0.6 is 0 Å². The molecule has 0 saturated carbocycles. The second-order valence-corrected chi connectivity index (χ2v) is 8.02. The first-order chi connectivity index (χ1) is 17.3. The monoisotopic (exact) mass is 462 g/mol. The van der Waals surface area contributed by atoms with E-state index in [-0.39, 0.29) is 0 Å². The second kappa shape index (κ2) is 10.2. The van der Waals surface area contributed by atoms with Gasteiger partial charge >= 0.3 is 0 Å². The number of imidazole rings is 1. The van der Waals surface area contributed by atoms with Gasteiger partial charge in [0.15, 0.2) is 11.5 Å². The van der Waals surface area contributed by atoms with Gasteiger partial charge in [-0.25, -0.2) is 4.98 Å². The molecule has 0 unspecified atom stereocenters. The highest BCUT2D eigenvalue weighted by atomic mass is 16.5. The smallest absolute Gasteiger partial charge is 0.162 e. The van der Waals surface area contributed by atoms with Gasteiger partial charge < -0.3 is 14.2 Å². The van der Waals surface area contributed by atoms with Crippen molar-refractivity contribution in [3.05, 3.63) is 115 Å². The Morgan fingerprint density at radius 3 is 2.06 bits per heavy atom. The van der Waals surface area contributed by atoms with Crippen LogP contribution in [0.4, 0.5) is 0 Å². The molecule has 1 aromatic heterocycles. The van der Waals surface area contributed by atoms with Crippen molar-refractivity contribution in [2.24, 2.45) is 0 Å². The number of nitrogens with zero attached hydrogens (tertiary/aromatic N) is 2. The molecule has 5 heteroatoms. The molecule has 5 nitrogen and oxygen atoms in total. The summed E-state index contributed by atoms with van der Waals surface area (Å²) in [5.74, 6) is 2.16. The quantitative estimate of drug-likeness (QED) is 0.254. The molecule has 0 radical (unpaired) electrons. The number of para-hydroxylation sites is 1. The Morgan fingerprint density at radius 1 is 0.686 bits per heavy atom. The van der Waals surface area contributed by atoms with Crippen LogP contribution in [0.3, 0.4) is 0 Å². The SMILES string of the molecule is COc1ccc(-c2ncn(-c3ccccc3)c2-c2ccc(OC)c(OCc3ccccc3)c2)cc1. The minimum Gasteiger partial charge on any atom is -0.497 e. The Bertz CT molecular complexity index is 1400. The number of aromatic nitrogens is 2. The Labute approximate surface area is 205 Å². The Morgan fingerprint density at radius 2 is 1.37 bits per heavy atom. The van der Waals surface area contributed by atoms with Crippen molar-refractivity contribution < 1.29 is 14.2 Å². The highest BCUT2D eigenvalue weighted by molar-refractivity contribution is 5.81. The number of hydrogen-bond donors (Lipinski definition) is 0. The van der Waals surface area contributed by atoms with Crippen molar-refractivity contribution in [3.8, 4) is 45.5 Å². The summed E-state index contributed by atoms with van der Waals surface area (Å²) in [6.45, 7) is 0.448. The van der Waals surface area contributed by atoms with Crippen LogP contribution in [-0.2, 0) is 6.61 Å². The largest absolute Gasteiger partial charge is 0.497 e. The Kier molecular flexibility index (Phi) is 6.48. The molecular weight excluding hydrogens is 436 g/mol. The normalized spacial score (nSPS) is 10.7. The predicted molar refractivity (Wildman–Crippen MR) is 138 cm³/mol. The first-order valence-electron chi connectivity index (χ1n) is 11.4. The van der Waals surface area contributed by atoms with Crippen molar-refractivity contribution in [1.29, 1.82) is 0 Å². The first kappa shape index (κ1) is 22.3. The molecule has 0 N–H and O–H groups in total. The summed E-state index contributed by atoms with van der Waals surface area (Å²) in [6, 6.07) is 34.2. The molecule has 0 saturated heterocycles. The molecule has 0 aliphatic heterocycles. The lowest BCUT2D eigenvalue weighted by molar-refractivity contribution is 0.284. The summed E-state index contributed by atoms with van der Waals surface area (Å²) in [4.78, 5) is 4.81. The fraction of sp³-hybridized carbons (Fsp3) is 0.100. The van der Waals surface area contributed by atoms with Crippen LogP contribution in [0.25, 0.3) is 28.2 Å². The summed E-state index contributed by atoms with van der Waals surface area (Å²) < 4.78 is 19.2. The molecule has 0 spiro atoms. The van der Waals surface area contributed by atoms with Gasteiger partial charge in [-0.05, 0) is 60.2 Å². The van der Waals surface area contributed by atoms with Crippen LogP contribution in [0.2, 0.25) is 0 Å². The third-order valence-electron chi connectivity index (χ3n) is 5.84. The zero-order valence-electron chi connectivity index (χ0n) is 19.7. The van der Waals surface area contributed by atoms with E-state index in [1.165, 1.54) is 0 Å². The minimum absolute atomic E-state index is 0.448. The van der Waals surface area contributed by atoms with E-state index in [0.29, 0.717) is 18.1 Å². The lowest BCUT2D eigenvalue weighted by Crippen LogP contribution is -2.00. The van der Waals surface area contributed by atoms with Gasteiger partial charge in [0.05, 0.1) is 25.6 Å². The van der Waals surface area contributed by atoms with E-state index in [1.807, 2.05) is 97.3 Å². The third kappa shape index (κ3) is 4.75. The van der Waals surface area contributed by atoms with Crippen LogP contribution in [0.5, 0.6) is 17.2 Å². The third-order valence-corrected chi connectivity index (χ3v) is 5.84. The van der Waals surface area contributed by atoms with E-state index >= 15 is 0 Å². The van der Waals surface area contributed by atoms with Crippen molar-refractivity contribution in [3.63, 3.8) is 0 Å². The molecule has 1 heterocycles. The number of benzene rings is 4. The van der Waals surface area contributed by atoms with Gasteiger partial charge in [-0.2, -0.15) is 0 Å². The zero-order valence-corrected chi connectivity index (χ0v) is 19.7. The van der Waals surface area contributed by atoms with E-state index in [1.54, 1.807) is 14.2 Å². The summed E-state index contributed by atoms with van der Waals surface area (Å²) in [7, 11) is 3.32. The average Bonchev–Trinajstić information content (AvgIpc) is 3.38. The first-order valence-corrected chi connectivity index (χ1v) is 11.4. The number of rotatable bonds is 8. The summed E-state index contributed by atoms with van der Waals surface area (Å²) in [5, 5.41) is 0. The van der Waals surface area contributed by atoms with E-state index in [0.717, 1.165) is 39.5 Å². The second-order valence-electron chi connectivity index (χ2n) is 8.02. The van der Waals surface area contributed by atoms with Gasteiger partial charge in [0.1, 0.15) is 18.7 Å². The molecule has 4 aromatic carbocycles. The highest BCUT2D eigenvalue weighted by Gasteiger charge is 2.18. The van der Waals surface area contributed by atoms with Crippen LogP contribution in [0, 0.1) is 0 Å². The molecule has 5 aromatic rings. The number of hydrogen-bond acceptors (Lipinski definition) is 4. The molecule has 35 heavy (non-hydrogen) atoms. The maximum absolute atomic E-state index is 6.20. The van der Waals surface area contributed by atoms with Crippen LogP contribution < -0.4 is 14.2 Å². The molecule has 5 rings (SSSR count). The van der Waals surface area contributed by atoms with Crippen LogP contribution in [-0.4, -0.2) is 23.8 Å². The minimum atomic E-state index is 0.448. The standard InChI is InChI=1S/C30H26N2O3/c1-33-26-16-13-23(14-17-26)29-30(32(21-31-29)25-11-7-4-8-12-25)24-15-18-27(34-2)28(19-24)35-20-22-9-5-3-6-10-22/h3-19,21H,20H2,1-2H3. The number of methoxy groups -OCH3 is 2. The van der Waals surface area contributed by atoms with Gasteiger partial charge in [-0.1, -0.05) is 48.5 Å². The zero-order chi connectivity index (χ0) is 24.0.